The number of para-hydroxylation sites is 1. The van der Waals surface area contributed by atoms with E-state index in [1.165, 1.54) is 4.90 Å². The number of carbonyl (C=O) groups is 3. The molecule has 0 spiro atoms. The Balaban J connectivity index is 0.000000572. The molecule has 41 heavy (non-hydrogen) atoms. The molecule has 13 heteroatoms. The molecule has 3 aromatic rings. The Hall–Kier alpha value is -4.68. The van der Waals surface area contributed by atoms with Gasteiger partial charge in [-0.2, -0.15) is 13.2 Å². The van der Waals surface area contributed by atoms with Crippen LogP contribution in [0, 0.1) is 12.8 Å². The maximum absolute atomic E-state index is 13.5. The van der Waals surface area contributed by atoms with Crippen LogP contribution in [0.15, 0.2) is 70.5 Å². The summed E-state index contributed by atoms with van der Waals surface area (Å²) in [6.45, 7) is 2.35. The number of aromatic nitrogens is 1. The zero-order chi connectivity index (χ0) is 29.6. The fourth-order valence-electron chi connectivity index (χ4n) is 4.43. The lowest BCUT2D eigenvalue weighted by Crippen LogP contribution is -2.51. The summed E-state index contributed by atoms with van der Waals surface area (Å²) < 4.78 is 48.5. The average Bonchev–Trinajstić information content (AvgIpc) is 3.39. The lowest BCUT2D eigenvalue weighted by molar-refractivity contribution is -0.143. The maximum atomic E-state index is 13.5. The van der Waals surface area contributed by atoms with Crippen LogP contribution in [0.25, 0.3) is 0 Å². The smallest absolute Gasteiger partial charge is 0.389 e. The van der Waals surface area contributed by atoms with Gasteiger partial charge in [0.2, 0.25) is 18.0 Å². The molecule has 2 aromatic carbocycles. The summed E-state index contributed by atoms with van der Waals surface area (Å²) in [5.74, 6) is -3.26. The number of ether oxygens (including phenoxy) is 1. The lowest BCUT2D eigenvalue weighted by Gasteiger charge is -2.31. The Kier molecular flexibility index (Phi) is 9.05. The highest BCUT2D eigenvalue weighted by molar-refractivity contribution is 6.21. The number of hydrogen-bond donors (Lipinski definition) is 2. The van der Waals surface area contributed by atoms with E-state index in [0.29, 0.717) is 28.3 Å². The second-order valence-corrected chi connectivity index (χ2v) is 9.47. The predicted molar refractivity (Wildman–Crippen MR) is 142 cm³/mol. The first-order chi connectivity index (χ1) is 19.5. The zero-order valence-electron chi connectivity index (χ0n) is 22.1. The number of carbonyl (C=O) groups excluding carboxylic acids is 3. The normalized spacial score (nSPS) is 16.7. The van der Waals surface area contributed by atoms with Crippen molar-refractivity contribution < 1.29 is 36.8 Å². The van der Waals surface area contributed by atoms with E-state index in [2.05, 4.69) is 20.0 Å². The molecule has 0 saturated carbocycles. The molecule has 3 heterocycles. The van der Waals surface area contributed by atoms with Crippen LogP contribution in [0.5, 0.6) is 5.75 Å². The molecule has 3 amide bonds. The molecule has 2 unspecified atom stereocenters. The first-order valence-corrected chi connectivity index (χ1v) is 12.8. The second-order valence-electron chi connectivity index (χ2n) is 9.47. The number of halogens is 3. The van der Waals surface area contributed by atoms with Gasteiger partial charge in [0.25, 0.3) is 5.91 Å². The largest absolute Gasteiger partial charge is 0.490 e. The molecule has 2 aliphatic heterocycles. The highest BCUT2D eigenvalue weighted by atomic mass is 19.4. The van der Waals surface area contributed by atoms with Gasteiger partial charge in [-0.25, -0.2) is 4.99 Å². The number of alkyl halides is 3. The number of aryl methyl sites for hydroxylation is 1. The van der Waals surface area contributed by atoms with E-state index >= 15 is 0 Å². The summed E-state index contributed by atoms with van der Waals surface area (Å²) in [4.78, 5) is 43.9. The Morgan fingerprint density at radius 3 is 2.54 bits per heavy atom. The van der Waals surface area contributed by atoms with Gasteiger partial charge in [-0.15, -0.1) is 0 Å². The summed E-state index contributed by atoms with van der Waals surface area (Å²) in [6, 6.07) is 14.3. The molecule has 3 N–H and O–H groups in total. The molecule has 2 aliphatic rings. The van der Waals surface area contributed by atoms with Crippen molar-refractivity contribution >= 4 is 29.1 Å². The number of aliphatic imine (C=N–C) groups is 1. The second kappa shape index (κ2) is 12.7. The van der Waals surface area contributed by atoms with Gasteiger partial charge >= 0.3 is 6.18 Å². The number of benzene rings is 2. The van der Waals surface area contributed by atoms with Crippen LogP contribution in [-0.2, 0) is 14.4 Å². The van der Waals surface area contributed by atoms with Crippen LogP contribution in [0.2, 0.25) is 0 Å². The van der Waals surface area contributed by atoms with E-state index in [1.807, 2.05) is 13.0 Å². The number of rotatable bonds is 7. The Bertz CT molecular complexity index is 1410. The molecule has 1 aromatic heterocycles. The number of nitrogens with zero attached hydrogens (tertiary/aromatic N) is 3. The van der Waals surface area contributed by atoms with Gasteiger partial charge in [0.05, 0.1) is 24.1 Å². The molecule has 0 bridgehead atoms. The molecule has 2 atom stereocenters. The molecule has 0 aliphatic carbocycles. The van der Waals surface area contributed by atoms with Crippen molar-refractivity contribution in [1.29, 1.82) is 0 Å². The van der Waals surface area contributed by atoms with Gasteiger partial charge in [-0.3, -0.25) is 14.4 Å². The molecular weight excluding hydrogens is 543 g/mol. The zero-order valence-corrected chi connectivity index (χ0v) is 22.1. The van der Waals surface area contributed by atoms with E-state index < -0.39 is 55.2 Å². The highest BCUT2D eigenvalue weighted by Crippen LogP contribution is 2.38. The minimum absolute atomic E-state index is 0.200. The number of amides is 3. The average molecular weight is 572 g/mol. The minimum atomic E-state index is -4.52. The number of primary amides is 1. The summed E-state index contributed by atoms with van der Waals surface area (Å²) in [7, 11) is 0. The van der Waals surface area contributed by atoms with Crippen molar-refractivity contribution in [3.63, 3.8) is 0 Å². The third-order valence-corrected chi connectivity index (χ3v) is 6.33. The van der Waals surface area contributed by atoms with E-state index in [9.17, 15) is 27.6 Å². The van der Waals surface area contributed by atoms with Gasteiger partial charge < -0.3 is 25.2 Å². The minimum Gasteiger partial charge on any atom is -0.490 e. The molecule has 216 valence electrons. The summed E-state index contributed by atoms with van der Waals surface area (Å²) >= 11 is 0. The number of hydrogen-bond acceptors (Lipinski definition) is 7. The van der Waals surface area contributed by atoms with Crippen LogP contribution < -0.4 is 20.7 Å². The van der Waals surface area contributed by atoms with Gasteiger partial charge in [-0.05, 0) is 19.4 Å². The summed E-state index contributed by atoms with van der Waals surface area (Å²) in [6.07, 6.45) is -5.17. The summed E-state index contributed by atoms with van der Waals surface area (Å²) in [5.41, 5.74) is 8.44. The molecule has 10 nitrogen and oxygen atoms in total. The maximum Gasteiger partial charge on any atom is 0.389 e. The van der Waals surface area contributed by atoms with Crippen LogP contribution in [-0.4, -0.2) is 54.1 Å². The highest BCUT2D eigenvalue weighted by Gasteiger charge is 2.38. The van der Waals surface area contributed by atoms with Crippen LogP contribution >= 0.6 is 0 Å². The fraction of sp³-hybridized carbons (Fsp3) is 0.321. The van der Waals surface area contributed by atoms with Gasteiger partial charge in [0.15, 0.2) is 0 Å². The molecule has 0 radical (unpaired) electrons. The van der Waals surface area contributed by atoms with Crippen LogP contribution in [0.3, 0.4) is 0 Å². The van der Waals surface area contributed by atoms with Crippen molar-refractivity contribution in [3.05, 3.63) is 77.7 Å². The molecule has 0 fully saturated rings. The topological polar surface area (TPSA) is 140 Å². The van der Waals surface area contributed by atoms with Crippen LogP contribution in [0.4, 0.5) is 18.9 Å². The van der Waals surface area contributed by atoms with Crippen molar-refractivity contribution in [3.8, 4) is 5.75 Å². The lowest BCUT2D eigenvalue weighted by atomic mass is 9.97. The Morgan fingerprint density at radius 1 is 1.17 bits per heavy atom. The summed E-state index contributed by atoms with van der Waals surface area (Å²) in [5, 5.41) is 5.91. The van der Waals surface area contributed by atoms with Crippen molar-refractivity contribution in [2.75, 3.05) is 18.1 Å². The van der Waals surface area contributed by atoms with E-state index in [4.69, 9.17) is 10.5 Å². The van der Waals surface area contributed by atoms with Gasteiger partial charge in [-0.1, -0.05) is 47.6 Å². The number of nitrogens with one attached hydrogen (secondary N) is 1. The first kappa shape index (κ1) is 29.3. The third kappa shape index (κ3) is 7.50. The number of nitrogens with two attached hydrogens (primary N) is 1. The van der Waals surface area contributed by atoms with E-state index in [0.717, 1.165) is 5.56 Å². The molecule has 0 saturated heterocycles. The quantitative estimate of drug-likeness (QED) is 0.445. The van der Waals surface area contributed by atoms with E-state index in [-0.39, 0.29) is 13.2 Å². The van der Waals surface area contributed by atoms with E-state index in [1.54, 1.807) is 54.9 Å². The van der Waals surface area contributed by atoms with Crippen molar-refractivity contribution in [2.45, 2.75) is 38.5 Å². The standard InChI is InChI=1S/C24H23F3N4O4.C4H5NO/c25-24(26,27)10-9-15(13-18(28)32)22(33)30-21-23(34)31-11-12-35-17-8-4-7-16(20(17)31)19(29-21)14-5-2-1-3-6-14;1-4-2-5-6-3-4/h1-8,15,21H,9-13H2,(H2,28,32)(H,30,33);2-3H,1H3. The Labute approximate surface area is 233 Å². The number of anilines is 1. The van der Waals surface area contributed by atoms with Crippen molar-refractivity contribution in [2.24, 2.45) is 16.6 Å². The van der Waals surface area contributed by atoms with Crippen LogP contribution in [0.1, 0.15) is 36.0 Å². The van der Waals surface area contributed by atoms with Crippen molar-refractivity contribution in [1.82, 2.24) is 10.5 Å². The fourth-order valence-corrected chi connectivity index (χ4v) is 4.43. The van der Waals surface area contributed by atoms with Gasteiger partial charge in [0.1, 0.15) is 18.6 Å². The SMILES string of the molecule is Cc1cnoc1.NC(=O)CC(CCC(F)(F)F)C(=O)NC1N=C(c2ccccc2)c2cccc3c2N(CCO3)C1=O. The molecule has 5 rings (SSSR count). The first-order valence-electron chi connectivity index (χ1n) is 12.8. The Morgan fingerprint density at radius 2 is 1.93 bits per heavy atom. The predicted octanol–water partition coefficient (Wildman–Crippen LogP) is 3.52. The van der Waals surface area contributed by atoms with Gasteiger partial charge in [0, 0.05) is 35.4 Å². The molecular formula is C28H28F3N5O5. The monoisotopic (exact) mass is 571 g/mol. The third-order valence-electron chi connectivity index (χ3n) is 6.33.